The Morgan fingerprint density at radius 3 is 2.92 bits per heavy atom. The molecule has 1 N–H and O–H groups in total. The van der Waals surface area contributed by atoms with Gasteiger partial charge in [0.25, 0.3) is 0 Å². The Hall–Kier alpha value is -2.17. The third-order valence-corrected chi connectivity index (χ3v) is 5.03. The summed E-state index contributed by atoms with van der Waals surface area (Å²) in [6.07, 6.45) is 6.51. The molecular weight excluding hydrogens is 312 g/mol. The van der Waals surface area contributed by atoms with Gasteiger partial charge in [-0.05, 0) is 37.8 Å². The van der Waals surface area contributed by atoms with Crippen LogP contribution < -0.4 is 5.32 Å². The zero-order chi connectivity index (χ0) is 17.8. The van der Waals surface area contributed by atoms with Gasteiger partial charge in [0, 0.05) is 30.1 Å². The Kier molecular flexibility index (Phi) is 5.51. The summed E-state index contributed by atoms with van der Waals surface area (Å²) in [6.45, 7) is 7.08. The molecule has 5 nitrogen and oxygen atoms in total. The first-order chi connectivity index (χ1) is 12.1. The topological polar surface area (TPSA) is 59.8 Å². The number of hydrogen-bond acceptors (Lipinski definition) is 3. The van der Waals surface area contributed by atoms with E-state index in [2.05, 4.69) is 33.1 Å². The van der Waals surface area contributed by atoms with Crippen molar-refractivity contribution in [1.29, 1.82) is 0 Å². The highest BCUT2D eigenvalue weighted by Crippen LogP contribution is 2.27. The molecule has 0 aliphatic carbocycles. The van der Waals surface area contributed by atoms with Crippen molar-refractivity contribution >= 4 is 11.6 Å². The van der Waals surface area contributed by atoms with Crippen LogP contribution in [0, 0.1) is 12.8 Å². The van der Waals surface area contributed by atoms with Crippen LogP contribution in [0.15, 0.2) is 18.2 Å². The fourth-order valence-corrected chi connectivity index (χ4v) is 3.41. The van der Waals surface area contributed by atoms with Crippen LogP contribution >= 0.6 is 0 Å². The van der Waals surface area contributed by atoms with E-state index in [1.54, 1.807) is 0 Å². The third-order valence-electron chi connectivity index (χ3n) is 5.03. The third kappa shape index (κ3) is 3.91. The van der Waals surface area contributed by atoms with E-state index in [4.69, 9.17) is 0 Å². The highest BCUT2D eigenvalue weighted by atomic mass is 16.1. The number of carbonyl (C=O) groups excluding carboxylic acids is 1. The number of carbonyl (C=O) groups is 1. The van der Waals surface area contributed by atoms with Gasteiger partial charge in [-0.1, -0.05) is 38.8 Å². The molecule has 0 fully saturated rings. The van der Waals surface area contributed by atoms with E-state index >= 15 is 0 Å². The minimum Gasteiger partial charge on any atom is -0.326 e. The average molecular weight is 340 g/mol. The van der Waals surface area contributed by atoms with E-state index in [0.29, 0.717) is 0 Å². The molecule has 134 valence electrons. The van der Waals surface area contributed by atoms with Crippen LogP contribution in [0.25, 0.3) is 11.4 Å². The molecule has 1 aromatic carbocycles. The maximum absolute atomic E-state index is 12.4. The van der Waals surface area contributed by atoms with Crippen molar-refractivity contribution in [2.24, 2.45) is 5.92 Å². The lowest BCUT2D eigenvalue weighted by Crippen LogP contribution is -2.20. The normalized spacial score (nSPS) is 15.3. The standard InChI is InChI=1S/C20H28N4O/c1-4-8-15(3)20(25)21-17-13-16(11-10-14(17)2)19-23-22-18-9-6-5-7-12-24(18)19/h10-11,13,15H,4-9,12H2,1-3H3,(H,21,25). The summed E-state index contributed by atoms with van der Waals surface area (Å²) in [6, 6.07) is 6.16. The van der Waals surface area contributed by atoms with Crippen molar-refractivity contribution in [2.45, 2.75) is 65.8 Å². The maximum Gasteiger partial charge on any atom is 0.227 e. The smallest absolute Gasteiger partial charge is 0.227 e. The summed E-state index contributed by atoms with van der Waals surface area (Å²) in [5.41, 5.74) is 2.96. The van der Waals surface area contributed by atoms with Crippen molar-refractivity contribution in [1.82, 2.24) is 14.8 Å². The number of hydrogen-bond donors (Lipinski definition) is 1. The molecule has 1 atom stereocenters. The van der Waals surface area contributed by atoms with Gasteiger partial charge in [0.1, 0.15) is 5.82 Å². The first kappa shape index (κ1) is 17.6. The van der Waals surface area contributed by atoms with E-state index in [1.165, 1.54) is 19.3 Å². The number of amides is 1. The van der Waals surface area contributed by atoms with Gasteiger partial charge < -0.3 is 9.88 Å². The number of benzene rings is 1. The summed E-state index contributed by atoms with van der Waals surface area (Å²) in [7, 11) is 0. The number of nitrogens with one attached hydrogen (secondary N) is 1. The molecule has 1 amide bonds. The van der Waals surface area contributed by atoms with E-state index in [0.717, 1.165) is 54.3 Å². The van der Waals surface area contributed by atoms with Gasteiger partial charge in [-0.2, -0.15) is 0 Å². The molecule has 5 heteroatoms. The molecule has 1 aliphatic rings. The van der Waals surface area contributed by atoms with Gasteiger partial charge in [-0.25, -0.2) is 0 Å². The molecule has 0 saturated carbocycles. The lowest BCUT2D eigenvalue weighted by Gasteiger charge is -2.14. The number of nitrogens with zero attached hydrogens (tertiary/aromatic N) is 3. The Morgan fingerprint density at radius 1 is 1.28 bits per heavy atom. The predicted molar refractivity (Wildman–Crippen MR) is 100 cm³/mol. The van der Waals surface area contributed by atoms with Gasteiger partial charge in [-0.15, -0.1) is 10.2 Å². The number of anilines is 1. The van der Waals surface area contributed by atoms with Crippen molar-refractivity contribution in [2.75, 3.05) is 5.32 Å². The molecule has 1 unspecified atom stereocenters. The van der Waals surface area contributed by atoms with Crippen LogP contribution in [-0.4, -0.2) is 20.7 Å². The molecule has 0 saturated heterocycles. The second-order valence-electron chi connectivity index (χ2n) is 7.11. The van der Waals surface area contributed by atoms with E-state index in [1.807, 2.05) is 26.0 Å². The quantitative estimate of drug-likeness (QED) is 0.880. The van der Waals surface area contributed by atoms with E-state index < -0.39 is 0 Å². The molecule has 3 rings (SSSR count). The fraction of sp³-hybridized carbons (Fsp3) is 0.550. The summed E-state index contributed by atoms with van der Waals surface area (Å²) < 4.78 is 2.24. The fourth-order valence-electron chi connectivity index (χ4n) is 3.41. The van der Waals surface area contributed by atoms with Gasteiger partial charge in [-0.3, -0.25) is 4.79 Å². The minimum atomic E-state index is 0.0254. The Bertz CT molecular complexity index is 750. The van der Waals surface area contributed by atoms with Gasteiger partial charge in [0.15, 0.2) is 5.82 Å². The van der Waals surface area contributed by atoms with E-state index in [-0.39, 0.29) is 11.8 Å². The highest BCUT2D eigenvalue weighted by Gasteiger charge is 2.18. The molecule has 2 aromatic rings. The molecule has 0 radical (unpaired) electrons. The average Bonchev–Trinajstić information content (AvgIpc) is 2.85. The van der Waals surface area contributed by atoms with Crippen LogP contribution in [0.1, 0.15) is 57.3 Å². The number of aryl methyl sites for hydroxylation is 2. The van der Waals surface area contributed by atoms with Crippen LogP contribution in [-0.2, 0) is 17.8 Å². The van der Waals surface area contributed by atoms with Crippen LogP contribution in [0.4, 0.5) is 5.69 Å². The van der Waals surface area contributed by atoms with Gasteiger partial charge in [0.2, 0.25) is 5.91 Å². The Labute approximate surface area is 149 Å². The molecular formula is C20H28N4O. The molecule has 2 heterocycles. The number of fused-ring (bicyclic) bond motifs is 1. The summed E-state index contributed by atoms with van der Waals surface area (Å²) in [4.78, 5) is 12.4. The molecule has 25 heavy (non-hydrogen) atoms. The van der Waals surface area contributed by atoms with Crippen LogP contribution in [0.5, 0.6) is 0 Å². The summed E-state index contributed by atoms with van der Waals surface area (Å²) in [5, 5.41) is 11.9. The Balaban J connectivity index is 1.87. The van der Waals surface area contributed by atoms with Gasteiger partial charge >= 0.3 is 0 Å². The summed E-state index contributed by atoms with van der Waals surface area (Å²) >= 11 is 0. The molecule has 1 aliphatic heterocycles. The molecule has 0 spiro atoms. The van der Waals surface area contributed by atoms with Crippen molar-refractivity contribution in [3.05, 3.63) is 29.6 Å². The van der Waals surface area contributed by atoms with Crippen molar-refractivity contribution in [3.8, 4) is 11.4 Å². The largest absolute Gasteiger partial charge is 0.326 e. The highest BCUT2D eigenvalue weighted by molar-refractivity contribution is 5.93. The van der Waals surface area contributed by atoms with E-state index in [9.17, 15) is 4.79 Å². The molecule has 0 bridgehead atoms. The monoisotopic (exact) mass is 340 g/mol. The predicted octanol–water partition coefficient (Wildman–Crippen LogP) is 4.35. The second-order valence-corrected chi connectivity index (χ2v) is 7.11. The zero-order valence-corrected chi connectivity index (χ0v) is 15.5. The second kappa shape index (κ2) is 7.81. The minimum absolute atomic E-state index is 0.0254. The number of aromatic nitrogens is 3. The lowest BCUT2D eigenvalue weighted by molar-refractivity contribution is -0.119. The lowest BCUT2D eigenvalue weighted by atomic mass is 10.0. The zero-order valence-electron chi connectivity index (χ0n) is 15.5. The first-order valence-corrected chi connectivity index (χ1v) is 9.44. The SMILES string of the molecule is CCCC(C)C(=O)Nc1cc(-c2nnc3n2CCCCC3)ccc1C. The van der Waals surface area contributed by atoms with Crippen molar-refractivity contribution in [3.63, 3.8) is 0 Å². The van der Waals surface area contributed by atoms with Crippen molar-refractivity contribution < 1.29 is 4.79 Å². The number of rotatable bonds is 5. The van der Waals surface area contributed by atoms with Gasteiger partial charge in [0.05, 0.1) is 0 Å². The molecule has 1 aromatic heterocycles. The van der Waals surface area contributed by atoms with Crippen LogP contribution in [0.3, 0.4) is 0 Å². The first-order valence-electron chi connectivity index (χ1n) is 9.44. The maximum atomic E-state index is 12.4. The van der Waals surface area contributed by atoms with Crippen LogP contribution in [0.2, 0.25) is 0 Å². The Morgan fingerprint density at radius 2 is 2.12 bits per heavy atom. The summed E-state index contributed by atoms with van der Waals surface area (Å²) in [5.74, 6) is 2.10.